The maximum Gasteiger partial charge on any atom is 0.332 e. The van der Waals surface area contributed by atoms with E-state index in [1.165, 1.54) is 13.8 Å². The molecule has 1 fully saturated rings. The van der Waals surface area contributed by atoms with Crippen LogP contribution in [0.2, 0.25) is 0 Å². The smallest absolute Gasteiger partial charge is 0.332 e. The highest BCUT2D eigenvalue weighted by Gasteiger charge is 2.54. The van der Waals surface area contributed by atoms with E-state index in [-0.39, 0.29) is 18.9 Å². The fourth-order valence-electron chi connectivity index (χ4n) is 2.09. The first-order valence-electron chi connectivity index (χ1n) is 6.73. The maximum absolute atomic E-state index is 11.3. The number of nitrogens with two attached hydrogens (primary N) is 1. The van der Waals surface area contributed by atoms with Crippen LogP contribution in [-0.2, 0) is 9.59 Å². The molecule has 126 valence electrons. The van der Waals surface area contributed by atoms with Crippen molar-refractivity contribution in [1.82, 2.24) is 10.6 Å². The van der Waals surface area contributed by atoms with Gasteiger partial charge in [0.2, 0.25) is 0 Å². The lowest BCUT2D eigenvalue weighted by atomic mass is 9.86. The molecule has 0 aliphatic carbocycles. The molecule has 4 atom stereocenters. The molecule has 1 aliphatic heterocycles. The monoisotopic (exact) mass is 318 g/mol. The molecule has 0 aromatic carbocycles. The highest BCUT2D eigenvalue weighted by molar-refractivity contribution is 5.91. The zero-order valence-corrected chi connectivity index (χ0v) is 12.4. The number of carboxylic acids is 2. The van der Waals surface area contributed by atoms with Crippen LogP contribution >= 0.6 is 0 Å². The van der Waals surface area contributed by atoms with Gasteiger partial charge in [0.15, 0.2) is 17.2 Å². The number of hydrogen-bond acceptors (Lipinski definition) is 6. The number of aliphatic hydroxyl groups excluding tert-OH is 1. The zero-order valence-electron chi connectivity index (χ0n) is 12.4. The van der Waals surface area contributed by atoms with Crippen LogP contribution in [0.15, 0.2) is 4.99 Å². The van der Waals surface area contributed by atoms with E-state index < -0.39 is 35.3 Å². The minimum Gasteiger partial charge on any atom is -0.480 e. The molecule has 1 heterocycles. The molecule has 22 heavy (non-hydrogen) atoms. The molecule has 8 N–H and O–H groups in total. The van der Waals surface area contributed by atoms with Crippen molar-refractivity contribution < 1.29 is 30.0 Å². The molecule has 3 unspecified atom stereocenters. The number of carbonyl (C=O) groups is 2. The van der Waals surface area contributed by atoms with Gasteiger partial charge in [0.05, 0.1) is 0 Å². The third-order valence-electron chi connectivity index (χ3n) is 3.53. The summed E-state index contributed by atoms with van der Waals surface area (Å²) in [6, 6.07) is -0.985. The normalized spacial score (nSPS) is 34.6. The Bertz CT molecular complexity index is 480. The third kappa shape index (κ3) is 3.84. The molecular formula is C12H22N4O6. The van der Waals surface area contributed by atoms with Gasteiger partial charge in [-0.15, -0.1) is 0 Å². The average molecular weight is 318 g/mol. The van der Waals surface area contributed by atoms with E-state index >= 15 is 0 Å². The molecule has 1 aliphatic rings. The largest absolute Gasteiger partial charge is 0.480 e. The van der Waals surface area contributed by atoms with Gasteiger partial charge >= 0.3 is 11.9 Å². The second-order valence-corrected chi connectivity index (χ2v) is 5.62. The Labute approximate surface area is 127 Å². The number of aliphatic imine (C=N–C) groups is 1. The van der Waals surface area contributed by atoms with Crippen LogP contribution in [0.25, 0.3) is 0 Å². The van der Waals surface area contributed by atoms with Crippen LogP contribution in [0, 0.1) is 0 Å². The van der Waals surface area contributed by atoms with Crippen LogP contribution in [0.1, 0.15) is 26.7 Å². The average Bonchev–Trinajstić information content (AvgIpc) is 2.40. The summed E-state index contributed by atoms with van der Waals surface area (Å²) in [6.07, 6.45) is -1.03. The van der Waals surface area contributed by atoms with Gasteiger partial charge < -0.3 is 36.8 Å². The fraction of sp³-hybridized carbons (Fsp3) is 0.750. The number of guanidine groups is 1. The minimum absolute atomic E-state index is 0.00379. The molecular weight excluding hydrogens is 296 g/mol. The number of rotatable bonds is 6. The summed E-state index contributed by atoms with van der Waals surface area (Å²) in [5.41, 5.74) is 1.66. The molecule has 1 saturated heterocycles. The second kappa shape index (κ2) is 6.46. The van der Waals surface area contributed by atoms with Crippen LogP contribution in [0.4, 0.5) is 0 Å². The molecule has 10 heteroatoms. The number of carboxylic acid groups (broad SMARTS) is 2. The number of aliphatic carboxylic acids is 2. The van der Waals surface area contributed by atoms with E-state index in [4.69, 9.17) is 10.8 Å². The quantitative estimate of drug-likeness (QED) is 0.264. The Kier molecular flexibility index (Phi) is 5.33. The molecule has 10 nitrogen and oxygen atoms in total. The summed E-state index contributed by atoms with van der Waals surface area (Å²) < 4.78 is 0. The molecule has 0 aromatic rings. The number of nitrogens with zero attached hydrogens (tertiary/aromatic N) is 1. The Morgan fingerprint density at radius 1 is 1.36 bits per heavy atom. The first kappa shape index (κ1) is 18.1. The van der Waals surface area contributed by atoms with E-state index in [9.17, 15) is 24.9 Å². The first-order chi connectivity index (χ1) is 10.0. The Morgan fingerprint density at radius 3 is 2.45 bits per heavy atom. The van der Waals surface area contributed by atoms with Crippen LogP contribution < -0.4 is 16.4 Å². The van der Waals surface area contributed by atoms with Crippen LogP contribution in [0.3, 0.4) is 0 Å². The van der Waals surface area contributed by atoms with Crippen molar-refractivity contribution in [2.24, 2.45) is 10.7 Å². The molecule has 1 rings (SSSR count). The number of aliphatic hydroxyl groups is 2. The van der Waals surface area contributed by atoms with Crippen molar-refractivity contribution >= 4 is 17.9 Å². The number of nitrogens with one attached hydrogen (secondary N) is 2. The van der Waals surface area contributed by atoms with Crippen LogP contribution in [0.5, 0.6) is 0 Å². The van der Waals surface area contributed by atoms with Gasteiger partial charge in [0.1, 0.15) is 12.1 Å². The van der Waals surface area contributed by atoms with Crippen molar-refractivity contribution in [2.75, 3.05) is 6.54 Å². The lowest BCUT2D eigenvalue weighted by Crippen LogP contribution is -2.77. The molecule has 0 bridgehead atoms. The Morgan fingerprint density at radius 2 is 1.95 bits per heavy atom. The maximum atomic E-state index is 11.3. The zero-order chi connectivity index (χ0) is 17.1. The van der Waals surface area contributed by atoms with Crippen molar-refractivity contribution in [3.63, 3.8) is 0 Å². The second-order valence-electron chi connectivity index (χ2n) is 5.62. The van der Waals surface area contributed by atoms with Gasteiger partial charge in [-0.2, -0.15) is 0 Å². The fourth-order valence-corrected chi connectivity index (χ4v) is 2.09. The van der Waals surface area contributed by atoms with E-state index in [1.807, 2.05) is 0 Å². The lowest BCUT2D eigenvalue weighted by molar-refractivity contribution is -0.165. The SMILES string of the molecule is CC1(O)NC(=NCCC[C@H](N)C(=O)O)NC(C)(C(=O)O)C1O. The van der Waals surface area contributed by atoms with Crippen molar-refractivity contribution in [3.8, 4) is 0 Å². The van der Waals surface area contributed by atoms with E-state index in [1.54, 1.807) is 0 Å². The standard InChI is InChI=1S/C12H22N4O6/c1-11(9(20)21)8(19)12(2,22)16-10(15-11)14-5-3-4-6(13)7(17)18/h6,8,19,22H,3-5,13H2,1-2H3,(H,17,18)(H,20,21)(H2,14,15,16)/t6-,8?,11?,12?/m0/s1. The topological polar surface area (TPSA) is 178 Å². The van der Waals surface area contributed by atoms with Gasteiger partial charge in [-0.05, 0) is 26.7 Å². The van der Waals surface area contributed by atoms with Crippen LogP contribution in [-0.4, -0.2) is 68.3 Å². The molecule has 0 spiro atoms. The lowest BCUT2D eigenvalue weighted by Gasteiger charge is -2.46. The van der Waals surface area contributed by atoms with Gasteiger partial charge in [-0.25, -0.2) is 4.79 Å². The Balaban J connectivity index is 2.73. The summed E-state index contributed by atoms with van der Waals surface area (Å²) in [5, 5.41) is 42.9. The van der Waals surface area contributed by atoms with Gasteiger partial charge in [-0.1, -0.05) is 0 Å². The molecule has 0 amide bonds. The highest BCUT2D eigenvalue weighted by atomic mass is 16.4. The summed E-state index contributed by atoms with van der Waals surface area (Å²) >= 11 is 0. The number of hydrogen-bond donors (Lipinski definition) is 7. The summed E-state index contributed by atoms with van der Waals surface area (Å²) in [4.78, 5) is 25.9. The first-order valence-corrected chi connectivity index (χ1v) is 6.73. The van der Waals surface area contributed by atoms with Gasteiger partial charge in [0, 0.05) is 6.54 Å². The highest BCUT2D eigenvalue weighted by Crippen LogP contribution is 2.23. The third-order valence-corrected chi connectivity index (χ3v) is 3.53. The van der Waals surface area contributed by atoms with Crippen molar-refractivity contribution in [2.45, 2.75) is 50.1 Å². The predicted molar refractivity (Wildman–Crippen MR) is 76.1 cm³/mol. The summed E-state index contributed by atoms with van der Waals surface area (Å²) in [6.45, 7) is 2.64. The Hall–Kier alpha value is -1.91. The minimum atomic E-state index is -1.88. The molecule has 0 radical (unpaired) electrons. The van der Waals surface area contributed by atoms with Crippen molar-refractivity contribution in [3.05, 3.63) is 0 Å². The summed E-state index contributed by atoms with van der Waals surface area (Å²) in [7, 11) is 0. The van der Waals surface area contributed by atoms with Gasteiger partial charge in [0.25, 0.3) is 0 Å². The molecule has 0 aromatic heterocycles. The summed E-state index contributed by atoms with van der Waals surface area (Å²) in [5.74, 6) is -2.45. The predicted octanol–water partition coefficient (Wildman–Crippen LogP) is -2.36. The molecule has 0 saturated carbocycles. The van der Waals surface area contributed by atoms with E-state index in [2.05, 4.69) is 15.6 Å². The van der Waals surface area contributed by atoms with E-state index in [0.29, 0.717) is 6.42 Å². The van der Waals surface area contributed by atoms with E-state index in [0.717, 1.165) is 0 Å². The van der Waals surface area contributed by atoms with Crippen molar-refractivity contribution in [1.29, 1.82) is 0 Å². The van der Waals surface area contributed by atoms with Gasteiger partial charge in [-0.3, -0.25) is 9.79 Å².